The number of nitrogens with zero attached hydrogens (tertiary/aromatic N) is 1. The van der Waals surface area contributed by atoms with Crippen molar-refractivity contribution >= 4 is 38.7 Å². The first kappa shape index (κ1) is 23.3. The Morgan fingerprint density at radius 1 is 1.19 bits per heavy atom. The van der Waals surface area contributed by atoms with Gasteiger partial charge in [-0.15, -0.1) is 6.58 Å². The number of hydrogen-bond acceptors (Lipinski definition) is 3. The van der Waals surface area contributed by atoms with E-state index in [1.54, 1.807) is 12.2 Å². The van der Waals surface area contributed by atoms with Crippen LogP contribution < -0.4 is 10.1 Å². The van der Waals surface area contributed by atoms with Crippen molar-refractivity contribution in [3.63, 3.8) is 0 Å². The smallest absolute Gasteiger partial charge is 0.262 e. The highest BCUT2D eigenvalue weighted by molar-refractivity contribution is 9.10. The average Bonchev–Trinajstić information content (AvgIpc) is 2.76. The molecule has 0 bridgehead atoms. The van der Waals surface area contributed by atoms with Gasteiger partial charge in [0.25, 0.3) is 5.91 Å². The molecule has 32 heavy (non-hydrogen) atoms. The van der Waals surface area contributed by atoms with Crippen LogP contribution in [0, 0.1) is 11.3 Å². The SMILES string of the molecule is C=CCc1cc(/C=C(/C#N)C(=O)NC(C)C)cc(Br)c1OCc1ccc2ccccc2c1. The molecule has 162 valence electrons. The Bertz CT molecular complexity index is 1220. The van der Waals surface area contributed by atoms with Crippen LogP contribution in [0.4, 0.5) is 0 Å². The molecule has 0 aromatic heterocycles. The minimum Gasteiger partial charge on any atom is -0.487 e. The van der Waals surface area contributed by atoms with E-state index < -0.39 is 0 Å². The molecule has 0 aliphatic rings. The summed E-state index contributed by atoms with van der Waals surface area (Å²) in [7, 11) is 0. The molecule has 3 rings (SSSR count). The lowest BCUT2D eigenvalue weighted by molar-refractivity contribution is -0.117. The number of rotatable bonds is 8. The van der Waals surface area contributed by atoms with Crippen molar-refractivity contribution in [2.45, 2.75) is 32.9 Å². The van der Waals surface area contributed by atoms with Gasteiger partial charge < -0.3 is 10.1 Å². The molecule has 1 N–H and O–H groups in total. The highest BCUT2D eigenvalue weighted by Gasteiger charge is 2.14. The van der Waals surface area contributed by atoms with Gasteiger partial charge in [0.1, 0.15) is 24.0 Å². The lowest BCUT2D eigenvalue weighted by Crippen LogP contribution is -2.30. The molecule has 0 aliphatic heterocycles. The molecule has 3 aromatic carbocycles. The van der Waals surface area contributed by atoms with E-state index in [1.807, 2.05) is 44.2 Å². The van der Waals surface area contributed by atoms with Gasteiger partial charge in [0.05, 0.1) is 4.47 Å². The predicted octanol–water partition coefficient (Wildman–Crippen LogP) is 6.34. The molecule has 0 radical (unpaired) electrons. The largest absolute Gasteiger partial charge is 0.487 e. The van der Waals surface area contributed by atoms with Crippen LogP contribution in [-0.2, 0) is 17.8 Å². The van der Waals surface area contributed by atoms with Crippen LogP contribution in [0.5, 0.6) is 5.75 Å². The Balaban J connectivity index is 1.87. The number of halogens is 1. The maximum atomic E-state index is 12.2. The summed E-state index contributed by atoms with van der Waals surface area (Å²) in [5.41, 5.74) is 2.78. The van der Waals surface area contributed by atoms with Gasteiger partial charge in [-0.1, -0.05) is 42.5 Å². The molecule has 0 aliphatic carbocycles. The number of benzene rings is 3. The number of amides is 1. The van der Waals surface area contributed by atoms with E-state index in [1.165, 1.54) is 10.8 Å². The number of nitriles is 1. The molecule has 5 heteroatoms. The van der Waals surface area contributed by atoms with Crippen LogP contribution >= 0.6 is 15.9 Å². The maximum Gasteiger partial charge on any atom is 0.262 e. The lowest BCUT2D eigenvalue weighted by Gasteiger charge is -2.15. The normalized spacial score (nSPS) is 11.3. The molecule has 3 aromatic rings. The summed E-state index contributed by atoms with van der Waals surface area (Å²) in [5, 5.41) is 14.5. The minimum absolute atomic E-state index is 0.0480. The molecular formula is C27H25BrN2O2. The van der Waals surface area contributed by atoms with Crippen molar-refractivity contribution in [2.75, 3.05) is 0 Å². The maximum absolute atomic E-state index is 12.2. The molecule has 0 spiro atoms. The molecular weight excluding hydrogens is 464 g/mol. The Hall–Kier alpha value is -3.36. The van der Waals surface area contributed by atoms with E-state index >= 15 is 0 Å². The summed E-state index contributed by atoms with van der Waals surface area (Å²) in [6.45, 7) is 7.97. The lowest BCUT2D eigenvalue weighted by atomic mass is 10.0. The third kappa shape index (κ3) is 5.87. The molecule has 0 heterocycles. The average molecular weight is 489 g/mol. The summed E-state index contributed by atoms with van der Waals surface area (Å²) in [6.07, 6.45) is 3.98. The van der Waals surface area contributed by atoms with Crippen molar-refractivity contribution in [2.24, 2.45) is 0 Å². The van der Waals surface area contributed by atoms with E-state index in [0.717, 1.165) is 26.9 Å². The monoisotopic (exact) mass is 488 g/mol. The van der Waals surface area contributed by atoms with Crippen molar-refractivity contribution in [1.82, 2.24) is 5.32 Å². The van der Waals surface area contributed by atoms with E-state index in [0.29, 0.717) is 13.0 Å². The molecule has 0 saturated heterocycles. The Kier molecular flexibility index (Phi) is 7.86. The Morgan fingerprint density at radius 2 is 1.94 bits per heavy atom. The summed E-state index contributed by atoms with van der Waals surface area (Å²) in [6, 6.07) is 20.2. The zero-order valence-corrected chi connectivity index (χ0v) is 19.8. The van der Waals surface area contributed by atoms with Crippen molar-refractivity contribution < 1.29 is 9.53 Å². The minimum atomic E-state index is -0.388. The van der Waals surface area contributed by atoms with Gasteiger partial charge >= 0.3 is 0 Å². The highest BCUT2D eigenvalue weighted by atomic mass is 79.9. The summed E-state index contributed by atoms with van der Waals surface area (Å²) in [5.74, 6) is 0.334. The second-order valence-electron chi connectivity index (χ2n) is 7.75. The third-order valence-electron chi connectivity index (χ3n) is 4.80. The fourth-order valence-corrected chi connectivity index (χ4v) is 4.00. The fraction of sp³-hybridized carbons (Fsp3) is 0.185. The molecule has 0 fully saturated rings. The van der Waals surface area contributed by atoms with E-state index in [-0.39, 0.29) is 17.5 Å². The third-order valence-corrected chi connectivity index (χ3v) is 5.39. The van der Waals surface area contributed by atoms with Gasteiger partial charge in [-0.25, -0.2) is 0 Å². The molecule has 4 nitrogen and oxygen atoms in total. The first-order chi connectivity index (χ1) is 15.4. The first-order valence-corrected chi connectivity index (χ1v) is 11.2. The summed E-state index contributed by atoms with van der Waals surface area (Å²) >= 11 is 3.60. The second kappa shape index (κ2) is 10.8. The standard InChI is InChI=1S/C27H25BrN2O2/c1-4-7-23-13-20(14-24(16-29)27(31)30-18(2)3)15-25(28)26(23)32-17-19-10-11-21-8-5-6-9-22(21)12-19/h4-6,8-15,18H,1,7,17H2,2-3H3,(H,30,31)/b24-14-. The van der Waals surface area contributed by atoms with Gasteiger partial charge in [0, 0.05) is 6.04 Å². The second-order valence-corrected chi connectivity index (χ2v) is 8.61. The first-order valence-electron chi connectivity index (χ1n) is 10.4. The van der Waals surface area contributed by atoms with Crippen LogP contribution in [-0.4, -0.2) is 11.9 Å². The van der Waals surface area contributed by atoms with Gasteiger partial charge in [-0.05, 0) is 87.9 Å². The van der Waals surface area contributed by atoms with Gasteiger partial charge in [-0.2, -0.15) is 5.26 Å². The quantitative estimate of drug-likeness (QED) is 0.228. The number of allylic oxidation sites excluding steroid dienone is 1. The van der Waals surface area contributed by atoms with Crippen LogP contribution in [0.2, 0.25) is 0 Å². The summed E-state index contributed by atoms with van der Waals surface area (Å²) < 4.78 is 6.94. The van der Waals surface area contributed by atoms with E-state index in [2.05, 4.69) is 58.2 Å². The number of nitrogens with one attached hydrogen (secondary N) is 1. The van der Waals surface area contributed by atoms with E-state index in [4.69, 9.17) is 4.74 Å². The molecule has 0 atom stereocenters. The van der Waals surface area contributed by atoms with Crippen molar-refractivity contribution in [3.8, 4) is 11.8 Å². The number of ether oxygens (including phenoxy) is 1. The van der Waals surface area contributed by atoms with Gasteiger partial charge in [0.2, 0.25) is 0 Å². The van der Waals surface area contributed by atoms with Crippen LogP contribution in [0.15, 0.2) is 77.3 Å². The van der Waals surface area contributed by atoms with Crippen molar-refractivity contribution in [3.05, 3.63) is 94.0 Å². The highest BCUT2D eigenvalue weighted by Crippen LogP contribution is 2.33. The topological polar surface area (TPSA) is 62.1 Å². The predicted molar refractivity (Wildman–Crippen MR) is 133 cm³/mol. The van der Waals surface area contributed by atoms with Crippen molar-refractivity contribution in [1.29, 1.82) is 5.26 Å². The fourth-order valence-electron chi connectivity index (χ4n) is 3.37. The molecule has 0 saturated carbocycles. The van der Waals surface area contributed by atoms with Gasteiger partial charge in [0.15, 0.2) is 0 Å². The zero-order valence-electron chi connectivity index (χ0n) is 18.2. The van der Waals surface area contributed by atoms with Gasteiger partial charge in [-0.3, -0.25) is 4.79 Å². The Labute approximate surface area is 197 Å². The number of carbonyl (C=O) groups is 1. The van der Waals surface area contributed by atoms with Crippen LogP contribution in [0.3, 0.4) is 0 Å². The molecule has 1 amide bonds. The van der Waals surface area contributed by atoms with Crippen LogP contribution in [0.25, 0.3) is 16.8 Å². The zero-order chi connectivity index (χ0) is 23.1. The number of carbonyl (C=O) groups excluding carboxylic acids is 1. The Morgan fingerprint density at radius 3 is 2.62 bits per heavy atom. The molecule has 0 unspecified atom stereocenters. The number of hydrogen-bond donors (Lipinski definition) is 1. The van der Waals surface area contributed by atoms with E-state index in [9.17, 15) is 10.1 Å². The van der Waals surface area contributed by atoms with Crippen LogP contribution in [0.1, 0.15) is 30.5 Å². The number of fused-ring (bicyclic) bond motifs is 1. The summed E-state index contributed by atoms with van der Waals surface area (Å²) in [4.78, 5) is 12.2.